The average Bonchev–Trinajstić information content (AvgIpc) is 2.50. The lowest BCUT2D eigenvalue weighted by Crippen LogP contribution is -2.21. The SMILES string of the molecule is CCCCCCCCCCCCCCCC(CC)CN(C)C. The van der Waals surface area contributed by atoms with E-state index in [1.165, 1.54) is 103 Å². The molecule has 0 heterocycles. The Balaban J connectivity index is 3.16. The van der Waals surface area contributed by atoms with Crippen molar-refractivity contribution in [3.05, 3.63) is 0 Å². The second-order valence-electron chi connectivity index (χ2n) is 7.57. The summed E-state index contributed by atoms with van der Waals surface area (Å²) in [4.78, 5) is 2.34. The van der Waals surface area contributed by atoms with Crippen molar-refractivity contribution in [2.75, 3.05) is 20.6 Å². The molecular weight excluding hydrogens is 266 g/mol. The smallest absolute Gasteiger partial charge is 0.000346 e. The van der Waals surface area contributed by atoms with Gasteiger partial charge in [-0.05, 0) is 26.4 Å². The molecule has 0 aliphatic heterocycles. The largest absolute Gasteiger partial charge is 0.309 e. The van der Waals surface area contributed by atoms with Crippen LogP contribution in [-0.4, -0.2) is 25.5 Å². The minimum absolute atomic E-state index is 0.919. The van der Waals surface area contributed by atoms with Crippen molar-refractivity contribution < 1.29 is 0 Å². The van der Waals surface area contributed by atoms with Gasteiger partial charge in [-0.15, -0.1) is 0 Å². The molecule has 0 aliphatic carbocycles. The lowest BCUT2D eigenvalue weighted by Gasteiger charge is -2.19. The number of nitrogens with zero attached hydrogens (tertiary/aromatic N) is 1. The zero-order chi connectivity index (χ0) is 16.5. The molecular formula is C21H45N. The Morgan fingerprint density at radius 1 is 0.591 bits per heavy atom. The zero-order valence-corrected chi connectivity index (χ0v) is 16.3. The first kappa shape index (κ1) is 22.0. The minimum Gasteiger partial charge on any atom is -0.309 e. The van der Waals surface area contributed by atoms with Crippen LogP contribution in [0.15, 0.2) is 0 Å². The Kier molecular flexibility index (Phi) is 17.3. The maximum absolute atomic E-state index is 2.34. The van der Waals surface area contributed by atoms with E-state index in [0.29, 0.717) is 0 Å². The summed E-state index contributed by atoms with van der Waals surface area (Å²) in [7, 11) is 4.40. The fourth-order valence-electron chi connectivity index (χ4n) is 3.39. The van der Waals surface area contributed by atoms with Gasteiger partial charge in [-0.1, -0.05) is 104 Å². The number of rotatable bonds is 17. The van der Waals surface area contributed by atoms with Crippen molar-refractivity contribution >= 4 is 0 Å². The van der Waals surface area contributed by atoms with Gasteiger partial charge in [0.25, 0.3) is 0 Å². The molecule has 0 fully saturated rings. The summed E-state index contributed by atoms with van der Waals surface area (Å²) in [5, 5.41) is 0. The summed E-state index contributed by atoms with van der Waals surface area (Å²) in [5.74, 6) is 0.919. The number of unbranched alkanes of at least 4 members (excludes halogenated alkanes) is 12. The Morgan fingerprint density at radius 2 is 1.00 bits per heavy atom. The summed E-state index contributed by atoms with van der Waals surface area (Å²) < 4.78 is 0. The average molecular weight is 312 g/mol. The van der Waals surface area contributed by atoms with E-state index in [0.717, 1.165) is 5.92 Å². The lowest BCUT2D eigenvalue weighted by molar-refractivity contribution is 0.299. The predicted octanol–water partition coefficient (Wildman–Crippen LogP) is 7.06. The van der Waals surface area contributed by atoms with Crippen molar-refractivity contribution in [1.29, 1.82) is 0 Å². The molecule has 0 aromatic carbocycles. The van der Waals surface area contributed by atoms with E-state index in [1.54, 1.807) is 0 Å². The summed E-state index contributed by atoms with van der Waals surface area (Å²) in [6.45, 7) is 5.91. The van der Waals surface area contributed by atoms with Gasteiger partial charge < -0.3 is 4.90 Å². The zero-order valence-electron chi connectivity index (χ0n) is 16.3. The third kappa shape index (κ3) is 16.3. The first-order valence-corrected chi connectivity index (χ1v) is 10.3. The summed E-state index contributed by atoms with van der Waals surface area (Å²) in [5.41, 5.74) is 0. The predicted molar refractivity (Wildman–Crippen MR) is 103 cm³/mol. The fourth-order valence-corrected chi connectivity index (χ4v) is 3.39. The normalized spacial score (nSPS) is 13.0. The summed E-state index contributed by atoms with van der Waals surface area (Å²) in [6.07, 6.45) is 21.8. The van der Waals surface area contributed by atoms with E-state index < -0.39 is 0 Å². The van der Waals surface area contributed by atoms with Gasteiger partial charge in [0.05, 0.1) is 0 Å². The standard InChI is InChI=1S/C21H45N/c1-5-7-8-9-10-11-12-13-14-15-16-17-18-19-21(6-2)20-22(3)4/h21H,5-20H2,1-4H3. The lowest BCUT2D eigenvalue weighted by atomic mass is 9.97. The van der Waals surface area contributed by atoms with Crippen LogP contribution < -0.4 is 0 Å². The second-order valence-corrected chi connectivity index (χ2v) is 7.57. The topological polar surface area (TPSA) is 3.24 Å². The first-order chi connectivity index (χ1) is 10.7. The molecule has 0 saturated heterocycles. The van der Waals surface area contributed by atoms with Crippen LogP contribution in [-0.2, 0) is 0 Å². The molecule has 0 spiro atoms. The van der Waals surface area contributed by atoms with E-state index in [4.69, 9.17) is 0 Å². The molecule has 1 nitrogen and oxygen atoms in total. The molecule has 0 saturated carbocycles. The molecule has 0 amide bonds. The second kappa shape index (κ2) is 17.3. The van der Waals surface area contributed by atoms with Gasteiger partial charge in [0.2, 0.25) is 0 Å². The molecule has 1 unspecified atom stereocenters. The minimum atomic E-state index is 0.919. The van der Waals surface area contributed by atoms with Gasteiger partial charge in [0.1, 0.15) is 0 Å². The van der Waals surface area contributed by atoms with E-state index in [9.17, 15) is 0 Å². The highest BCUT2D eigenvalue weighted by Gasteiger charge is 2.06. The van der Waals surface area contributed by atoms with Crippen molar-refractivity contribution in [1.82, 2.24) is 4.90 Å². The highest BCUT2D eigenvalue weighted by Crippen LogP contribution is 2.16. The van der Waals surface area contributed by atoms with E-state index in [-0.39, 0.29) is 0 Å². The molecule has 0 aromatic heterocycles. The van der Waals surface area contributed by atoms with Crippen LogP contribution in [0.25, 0.3) is 0 Å². The van der Waals surface area contributed by atoms with Gasteiger partial charge in [-0.3, -0.25) is 0 Å². The van der Waals surface area contributed by atoms with Crippen LogP contribution in [0.3, 0.4) is 0 Å². The molecule has 22 heavy (non-hydrogen) atoms. The van der Waals surface area contributed by atoms with Crippen molar-refractivity contribution in [3.8, 4) is 0 Å². The van der Waals surface area contributed by atoms with Gasteiger partial charge in [-0.25, -0.2) is 0 Å². The molecule has 1 atom stereocenters. The van der Waals surface area contributed by atoms with Crippen LogP contribution >= 0.6 is 0 Å². The maximum atomic E-state index is 2.34. The molecule has 0 aromatic rings. The van der Waals surface area contributed by atoms with Gasteiger partial charge in [-0.2, -0.15) is 0 Å². The van der Waals surface area contributed by atoms with Crippen molar-refractivity contribution in [3.63, 3.8) is 0 Å². The third-order valence-corrected chi connectivity index (χ3v) is 4.92. The monoisotopic (exact) mass is 311 g/mol. The number of hydrogen-bond acceptors (Lipinski definition) is 1. The highest BCUT2D eigenvalue weighted by molar-refractivity contribution is 4.60. The quantitative estimate of drug-likeness (QED) is 0.260. The van der Waals surface area contributed by atoms with Crippen LogP contribution in [0, 0.1) is 5.92 Å². The van der Waals surface area contributed by atoms with Crippen LogP contribution in [0.5, 0.6) is 0 Å². The van der Waals surface area contributed by atoms with Gasteiger partial charge in [0, 0.05) is 6.54 Å². The van der Waals surface area contributed by atoms with Crippen molar-refractivity contribution in [2.45, 2.75) is 110 Å². The van der Waals surface area contributed by atoms with Crippen LogP contribution in [0.1, 0.15) is 110 Å². The fraction of sp³-hybridized carbons (Fsp3) is 1.00. The molecule has 0 radical (unpaired) electrons. The molecule has 0 rings (SSSR count). The maximum Gasteiger partial charge on any atom is 0.000346 e. The van der Waals surface area contributed by atoms with E-state index >= 15 is 0 Å². The Hall–Kier alpha value is -0.0400. The Bertz CT molecular complexity index is 200. The molecule has 0 aliphatic rings. The van der Waals surface area contributed by atoms with Crippen LogP contribution in [0.4, 0.5) is 0 Å². The molecule has 134 valence electrons. The number of hydrogen-bond donors (Lipinski definition) is 0. The highest BCUT2D eigenvalue weighted by atomic mass is 15.1. The van der Waals surface area contributed by atoms with E-state index in [1.807, 2.05) is 0 Å². The Morgan fingerprint density at radius 3 is 1.36 bits per heavy atom. The Labute approximate surface area is 142 Å². The molecule has 1 heteroatoms. The summed E-state index contributed by atoms with van der Waals surface area (Å²) >= 11 is 0. The third-order valence-electron chi connectivity index (χ3n) is 4.92. The molecule has 0 bridgehead atoms. The van der Waals surface area contributed by atoms with Crippen molar-refractivity contribution in [2.24, 2.45) is 5.92 Å². The van der Waals surface area contributed by atoms with Crippen LogP contribution in [0.2, 0.25) is 0 Å². The van der Waals surface area contributed by atoms with E-state index in [2.05, 4.69) is 32.8 Å². The summed E-state index contributed by atoms with van der Waals surface area (Å²) in [6, 6.07) is 0. The van der Waals surface area contributed by atoms with Gasteiger partial charge >= 0.3 is 0 Å². The van der Waals surface area contributed by atoms with Gasteiger partial charge in [0.15, 0.2) is 0 Å². The molecule has 0 N–H and O–H groups in total. The first-order valence-electron chi connectivity index (χ1n) is 10.3.